The highest BCUT2D eigenvalue weighted by Gasteiger charge is 1.98. The molecule has 2 aromatic rings. The van der Waals surface area contributed by atoms with Gasteiger partial charge in [0.05, 0.1) is 13.2 Å². The van der Waals surface area contributed by atoms with E-state index in [-0.39, 0.29) is 0 Å². The molecule has 0 aromatic heterocycles. The van der Waals surface area contributed by atoms with Crippen molar-refractivity contribution in [2.75, 3.05) is 13.2 Å². The first kappa shape index (κ1) is 14.4. The lowest BCUT2D eigenvalue weighted by Gasteiger charge is -2.10. The monoisotopic (exact) mass is 271 g/mol. The molecule has 0 radical (unpaired) electrons. The minimum Gasteiger partial charge on any atom is -0.493 e. The zero-order chi connectivity index (χ0) is 14.2. The van der Waals surface area contributed by atoms with Gasteiger partial charge in [-0.05, 0) is 36.2 Å². The Morgan fingerprint density at radius 3 is 2.30 bits per heavy atom. The molecule has 0 amide bonds. The van der Waals surface area contributed by atoms with E-state index in [9.17, 15) is 0 Å². The van der Waals surface area contributed by atoms with Crippen LogP contribution in [0.25, 0.3) is 0 Å². The molecule has 0 aliphatic carbocycles. The second-order valence-electron chi connectivity index (χ2n) is 4.66. The SMILES string of the molecule is Cc1ccccc1OCCCOc1ccc(CN)cc1. The summed E-state index contributed by atoms with van der Waals surface area (Å²) in [6.07, 6.45) is 0.854. The summed E-state index contributed by atoms with van der Waals surface area (Å²) >= 11 is 0. The lowest BCUT2D eigenvalue weighted by molar-refractivity contribution is 0.246. The topological polar surface area (TPSA) is 44.5 Å². The molecular weight excluding hydrogens is 250 g/mol. The van der Waals surface area contributed by atoms with Gasteiger partial charge in [-0.2, -0.15) is 0 Å². The molecule has 0 fully saturated rings. The van der Waals surface area contributed by atoms with Gasteiger partial charge in [-0.3, -0.25) is 0 Å². The van der Waals surface area contributed by atoms with Crippen LogP contribution in [0, 0.1) is 6.92 Å². The fourth-order valence-corrected chi connectivity index (χ4v) is 1.87. The van der Waals surface area contributed by atoms with Gasteiger partial charge in [-0.15, -0.1) is 0 Å². The summed E-state index contributed by atoms with van der Waals surface area (Å²) < 4.78 is 11.4. The Hall–Kier alpha value is -2.00. The number of para-hydroxylation sites is 1. The van der Waals surface area contributed by atoms with Crippen molar-refractivity contribution >= 4 is 0 Å². The van der Waals surface area contributed by atoms with Crippen LogP contribution < -0.4 is 15.2 Å². The van der Waals surface area contributed by atoms with E-state index in [1.165, 1.54) is 0 Å². The maximum absolute atomic E-state index is 5.71. The predicted molar refractivity (Wildman–Crippen MR) is 81.1 cm³/mol. The summed E-state index contributed by atoms with van der Waals surface area (Å²) in [5.74, 6) is 1.82. The Balaban J connectivity index is 1.67. The molecule has 0 aliphatic rings. The molecule has 3 heteroatoms. The fourth-order valence-electron chi connectivity index (χ4n) is 1.87. The van der Waals surface area contributed by atoms with Crippen molar-refractivity contribution < 1.29 is 9.47 Å². The molecule has 0 atom stereocenters. The van der Waals surface area contributed by atoms with E-state index < -0.39 is 0 Å². The second-order valence-corrected chi connectivity index (χ2v) is 4.66. The Bertz CT molecular complexity index is 523. The lowest BCUT2D eigenvalue weighted by atomic mass is 10.2. The van der Waals surface area contributed by atoms with Crippen molar-refractivity contribution in [3.63, 3.8) is 0 Å². The molecule has 3 nitrogen and oxygen atoms in total. The summed E-state index contributed by atoms with van der Waals surface area (Å²) in [6, 6.07) is 15.9. The average Bonchev–Trinajstić information content (AvgIpc) is 2.49. The van der Waals surface area contributed by atoms with Crippen molar-refractivity contribution in [2.24, 2.45) is 5.73 Å². The minimum absolute atomic E-state index is 0.560. The molecule has 2 N–H and O–H groups in total. The van der Waals surface area contributed by atoms with E-state index >= 15 is 0 Å². The minimum atomic E-state index is 0.560. The maximum Gasteiger partial charge on any atom is 0.122 e. The van der Waals surface area contributed by atoms with Crippen LogP contribution >= 0.6 is 0 Å². The summed E-state index contributed by atoms with van der Waals surface area (Å²) in [6.45, 7) is 3.91. The molecule has 2 rings (SSSR count). The van der Waals surface area contributed by atoms with Crippen molar-refractivity contribution in [3.05, 3.63) is 59.7 Å². The number of hydrogen-bond donors (Lipinski definition) is 1. The van der Waals surface area contributed by atoms with E-state index in [4.69, 9.17) is 15.2 Å². The van der Waals surface area contributed by atoms with Crippen molar-refractivity contribution in [1.29, 1.82) is 0 Å². The van der Waals surface area contributed by atoms with Crippen LogP contribution in [0.3, 0.4) is 0 Å². The van der Waals surface area contributed by atoms with Gasteiger partial charge >= 0.3 is 0 Å². The van der Waals surface area contributed by atoms with Gasteiger partial charge in [0.25, 0.3) is 0 Å². The highest BCUT2D eigenvalue weighted by atomic mass is 16.5. The van der Waals surface area contributed by atoms with Crippen LogP contribution in [0.2, 0.25) is 0 Å². The van der Waals surface area contributed by atoms with Crippen LogP contribution in [-0.4, -0.2) is 13.2 Å². The summed E-state index contributed by atoms with van der Waals surface area (Å²) in [7, 11) is 0. The van der Waals surface area contributed by atoms with Gasteiger partial charge in [0.15, 0.2) is 0 Å². The number of benzene rings is 2. The Kier molecular flexibility index (Phi) is 5.44. The average molecular weight is 271 g/mol. The number of hydrogen-bond acceptors (Lipinski definition) is 3. The summed E-state index contributed by atoms with van der Waals surface area (Å²) in [5.41, 5.74) is 7.82. The molecule has 0 unspecified atom stereocenters. The van der Waals surface area contributed by atoms with Gasteiger partial charge < -0.3 is 15.2 Å². The smallest absolute Gasteiger partial charge is 0.122 e. The van der Waals surface area contributed by atoms with Crippen LogP contribution in [0.4, 0.5) is 0 Å². The van der Waals surface area contributed by atoms with E-state index in [1.54, 1.807) is 0 Å². The van der Waals surface area contributed by atoms with E-state index in [0.29, 0.717) is 19.8 Å². The fraction of sp³-hybridized carbons (Fsp3) is 0.294. The third kappa shape index (κ3) is 4.28. The van der Waals surface area contributed by atoms with E-state index in [1.807, 2.05) is 55.5 Å². The van der Waals surface area contributed by atoms with Crippen LogP contribution in [-0.2, 0) is 6.54 Å². The quantitative estimate of drug-likeness (QED) is 0.786. The third-order valence-electron chi connectivity index (χ3n) is 3.07. The second kappa shape index (κ2) is 7.56. The third-order valence-corrected chi connectivity index (χ3v) is 3.07. The zero-order valence-electron chi connectivity index (χ0n) is 11.8. The first-order valence-corrected chi connectivity index (χ1v) is 6.90. The van der Waals surface area contributed by atoms with Crippen LogP contribution in [0.1, 0.15) is 17.5 Å². The normalized spacial score (nSPS) is 10.3. The molecule has 0 saturated carbocycles. The van der Waals surface area contributed by atoms with Gasteiger partial charge in [0, 0.05) is 13.0 Å². The van der Waals surface area contributed by atoms with Crippen molar-refractivity contribution in [1.82, 2.24) is 0 Å². The molecule has 0 spiro atoms. The molecule has 0 saturated heterocycles. The molecule has 0 aliphatic heterocycles. The van der Waals surface area contributed by atoms with Gasteiger partial charge in [0.2, 0.25) is 0 Å². The molecule has 106 valence electrons. The van der Waals surface area contributed by atoms with Gasteiger partial charge in [0.1, 0.15) is 11.5 Å². The van der Waals surface area contributed by atoms with Gasteiger partial charge in [-0.1, -0.05) is 30.3 Å². The highest BCUT2D eigenvalue weighted by molar-refractivity contribution is 5.31. The first-order valence-electron chi connectivity index (χ1n) is 6.90. The maximum atomic E-state index is 5.71. The number of rotatable bonds is 7. The summed E-state index contributed by atoms with van der Waals surface area (Å²) in [5, 5.41) is 0. The van der Waals surface area contributed by atoms with Crippen LogP contribution in [0.15, 0.2) is 48.5 Å². The van der Waals surface area contributed by atoms with E-state index in [0.717, 1.165) is 29.0 Å². The highest BCUT2D eigenvalue weighted by Crippen LogP contribution is 2.16. The molecule has 0 heterocycles. The number of aryl methyl sites for hydroxylation is 1. The largest absolute Gasteiger partial charge is 0.493 e. The molecule has 2 aromatic carbocycles. The standard InChI is InChI=1S/C17H21NO2/c1-14-5-2-3-6-17(14)20-12-4-11-19-16-9-7-15(13-18)8-10-16/h2-3,5-10H,4,11-13,18H2,1H3. The Morgan fingerprint density at radius 2 is 1.60 bits per heavy atom. The predicted octanol–water partition coefficient (Wildman–Crippen LogP) is 3.30. The van der Waals surface area contributed by atoms with Crippen molar-refractivity contribution in [3.8, 4) is 11.5 Å². The first-order chi connectivity index (χ1) is 9.79. The number of nitrogens with two attached hydrogens (primary N) is 1. The van der Waals surface area contributed by atoms with Gasteiger partial charge in [-0.25, -0.2) is 0 Å². The molecule has 20 heavy (non-hydrogen) atoms. The number of ether oxygens (including phenoxy) is 2. The lowest BCUT2D eigenvalue weighted by Crippen LogP contribution is -2.05. The molecular formula is C17H21NO2. The zero-order valence-corrected chi connectivity index (χ0v) is 11.8. The Labute approximate surface area is 120 Å². The van der Waals surface area contributed by atoms with E-state index in [2.05, 4.69) is 0 Å². The summed E-state index contributed by atoms with van der Waals surface area (Å²) in [4.78, 5) is 0. The van der Waals surface area contributed by atoms with Crippen LogP contribution in [0.5, 0.6) is 11.5 Å². The Morgan fingerprint density at radius 1 is 0.900 bits per heavy atom. The molecule has 0 bridgehead atoms. The van der Waals surface area contributed by atoms with Crippen molar-refractivity contribution in [2.45, 2.75) is 19.9 Å².